The number of nitrogens with zero attached hydrogens (tertiary/aromatic N) is 1. The quantitative estimate of drug-likeness (QED) is 0.638. The van der Waals surface area contributed by atoms with E-state index in [0.717, 1.165) is 19.4 Å². The zero-order valence-electron chi connectivity index (χ0n) is 10.8. The lowest BCUT2D eigenvalue weighted by molar-refractivity contribution is 0.287. The van der Waals surface area contributed by atoms with Gasteiger partial charge in [0.15, 0.2) is 0 Å². The molecule has 0 aromatic carbocycles. The highest BCUT2D eigenvalue weighted by Gasteiger charge is 2.14. The van der Waals surface area contributed by atoms with Crippen LogP contribution in [0.25, 0.3) is 0 Å². The second-order valence-electron chi connectivity index (χ2n) is 4.56. The number of hydrogen-bond acceptors (Lipinski definition) is 1. The molecule has 1 aliphatic rings. The van der Waals surface area contributed by atoms with E-state index in [2.05, 4.69) is 43.9 Å². The van der Waals surface area contributed by atoms with Crippen LogP contribution in [0.1, 0.15) is 39.5 Å². The highest BCUT2D eigenvalue weighted by Crippen LogP contribution is 2.26. The molecule has 1 unspecified atom stereocenters. The molecule has 1 nitrogen and oxygen atoms in total. The summed E-state index contributed by atoms with van der Waals surface area (Å²) < 4.78 is 0. The Kier molecular flexibility index (Phi) is 5.35. The fourth-order valence-electron chi connectivity index (χ4n) is 2.14. The fourth-order valence-corrected chi connectivity index (χ4v) is 2.14. The molecule has 1 heteroatoms. The number of terminal acetylenes is 1. The van der Waals surface area contributed by atoms with Crippen molar-refractivity contribution >= 4 is 0 Å². The number of hydrogen-bond donors (Lipinski definition) is 0. The SMILES string of the molecule is C#CCN(C)C(C)CC1=CCCC=C1CC. The van der Waals surface area contributed by atoms with Gasteiger partial charge in [-0.15, -0.1) is 6.42 Å². The maximum Gasteiger partial charge on any atom is 0.0598 e. The molecule has 0 spiro atoms. The average Bonchev–Trinajstić information content (AvgIpc) is 2.30. The second kappa shape index (κ2) is 6.55. The highest BCUT2D eigenvalue weighted by atomic mass is 15.1. The Bertz CT molecular complexity index is 317. The van der Waals surface area contributed by atoms with Gasteiger partial charge in [-0.2, -0.15) is 0 Å². The molecule has 0 amide bonds. The van der Waals surface area contributed by atoms with Crippen molar-refractivity contribution in [2.45, 2.75) is 45.6 Å². The Morgan fingerprint density at radius 3 is 2.56 bits per heavy atom. The molecule has 0 aromatic rings. The van der Waals surface area contributed by atoms with Crippen molar-refractivity contribution in [3.8, 4) is 12.3 Å². The predicted octanol–water partition coefficient (Wildman–Crippen LogP) is 3.39. The largest absolute Gasteiger partial charge is 0.292 e. The van der Waals surface area contributed by atoms with E-state index in [9.17, 15) is 0 Å². The maximum atomic E-state index is 5.34. The third-order valence-corrected chi connectivity index (χ3v) is 3.35. The average molecular weight is 217 g/mol. The summed E-state index contributed by atoms with van der Waals surface area (Å²) in [7, 11) is 2.10. The topological polar surface area (TPSA) is 3.24 Å². The van der Waals surface area contributed by atoms with Gasteiger partial charge in [-0.3, -0.25) is 4.90 Å². The van der Waals surface area contributed by atoms with Crippen LogP contribution in [0.2, 0.25) is 0 Å². The van der Waals surface area contributed by atoms with Crippen LogP contribution in [0, 0.1) is 12.3 Å². The van der Waals surface area contributed by atoms with Gasteiger partial charge >= 0.3 is 0 Å². The molecule has 0 aromatic heterocycles. The molecule has 0 fully saturated rings. The molecule has 1 aliphatic carbocycles. The van der Waals surface area contributed by atoms with Gasteiger partial charge in [0.05, 0.1) is 6.54 Å². The molecule has 16 heavy (non-hydrogen) atoms. The molecule has 1 rings (SSSR count). The molecular weight excluding hydrogens is 194 g/mol. The van der Waals surface area contributed by atoms with Crippen molar-refractivity contribution in [2.75, 3.05) is 13.6 Å². The van der Waals surface area contributed by atoms with Gasteiger partial charge in [0, 0.05) is 6.04 Å². The van der Waals surface area contributed by atoms with Gasteiger partial charge in [0.25, 0.3) is 0 Å². The van der Waals surface area contributed by atoms with Crippen molar-refractivity contribution in [1.82, 2.24) is 4.90 Å². The van der Waals surface area contributed by atoms with E-state index in [1.807, 2.05) is 0 Å². The molecule has 0 saturated heterocycles. The summed E-state index contributed by atoms with van der Waals surface area (Å²) in [5.74, 6) is 2.70. The summed E-state index contributed by atoms with van der Waals surface area (Å²) in [4.78, 5) is 2.24. The van der Waals surface area contributed by atoms with Gasteiger partial charge in [0.2, 0.25) is 0 Å². The summed E-state index contributed by atoms with van der Waals surface area (Å²) in [6, 6.07) is 0.523. The zero-order chi connectivity index (χ0) is 12.0. The third kappa shape index (κ3) is 3.54. The summed E-state index contributed by atoms with van der Waals surface area (Å²) in [5.41, 5.74) is 3.07. The van der Waals surface area contributed by atoms with Crippen LogP contribution in [0.3, 0.4) is 0 Å². The zero-order valence-corrected chi connectivity index (χ0v) is 10.8. The molecule has 0 heterocycles. The monoisotopic (exact) mass is 217 g/mol. The van der Waals surface area contributed by atoms with Crippen molar-refractivity contribution in [3.05, 3.63) is 23.3 Å². The van der Waals surface area contributed by atoms with E-state index in [1.54, 1.807) is 0 Å². The first-order chi connectivity index (χ1) is 7.69. The van der Waals surface area contributed by atoms with Gasteiger partial charge in [-0.25, -0.2) is 0 Å². The van der Waals surface area contributed by atoms with Crippen LogP contribution in [-0.2, 0) is 0 Å². The van der Waals surface area contributed by atoms with Crippen LogP contribution in [0.4, 0.5) is 0 Å². The van der Waals surface area contributed by atoms with E-state index < -0.39 is 0 Å². The smallest absolute Gasteiger partial charge is 0.0598 e. The molecule has 0 radical (unpaired) electrons. The predicted molar refractivity (Wildman–Crippen MR) is 71.2 cm³/mol. The van der Waals surface area contributed by atoms with Crippen molar-refractivity contribution in [3.63, 3.8) is 0 Å². The van der Waals surface area contributed by atoms with Gasteiger partial charge in [0.1, 0.15) is 0 Å². The number of allylic oxidation sites excluding steroid dienone is 3. The minimum atomic E-state index is 0.523. The summed E-state index contributed by atoms with van der Waals surface area (Å²) >= 11 is 0. The first-order valence-electron chi connectivity index (χ1n) is 6.21. The third-order valence-electron chi connectivity index (χ3n) is 3.35. The lowest BCUT2D eigenvalue weighted by atomic mass is 9.91. The van der Waals surface area contributed by atoms with Crippen molar-refractivity contribution in [2.24, 2.45) is 0 Å². The molecule has 88 valence electrons. The lowest BCUT2D eigenvalue weighted by Gasteiger charge is -2.25. The fraction of sp³-hybridized carbons (Fsp3) is 0.600. The van der Waals surface area contributed by atoms with Crippen LogP contribution < -0.4 is 0 Å². The molecular formula is C15H23N. The maximum absolute atomic E-state index is 5.34. The van der Waals surface area contributed by atoms with E-state index in [4.69, 9.17) is 6.42 Å². The van der Waals surface area contributed by atoms with Crippen LogP contribution in [0.5, 0.6) is 0 Å². The normalized spacial score (nSPS) is 17.7. The van der Waals surface area contributed by atoms with E-state index >= 15 is 0 Å². The first-order valence-corrected chi connectivity index (χ1v) is 6.21. The van der Waals surface area contributed by atoms with Gasteiger partial charge in [-0.1, -0.05) is 25.0 Å². The minimum Gasteiger partial charge on any atom is -0.292 e. The van der Waals surface area contributed by atoms with Crippen LogP contribution in [0.15, 0.2) is 23.3 Å². The Labute approximate surface area is 100 Å². The Morgan fingerprint density at radius 2 is 2.00 bits per heavy atom. The van der Waals surface area contributed by atoms with Crippen LogP contribution in [-0.4, -0.2) is 24.5 Å². The van der Waals surface area contributed by atoms with Gasteiger partial charge < -0.3 is 0 Å². The van der Waals surface area contributed by atoms with Crippen molar-refractivity contribution in [1.29, 1.82) is 0 Å². The summed E-state index contributed by atoms with van der Waals surface area (Å²) in [5, 5.41) is 0. The summed E-state index contributed by atoms with van der Waals surface area (Å²) in [6.45, 7) is 5.22. The highest BCUT2D eigenvalue weighted by molar-refractivity contribution is 5.33. The second-order valence-corrected chi connectivity index (χ2v) is 4.56. The standard InChI is InChI=1S/C15H23N/c1-5-11-16(4)13(3)12-15-10-8-7-9-14(15)6-2/h1,9-10,13H,6-8,11-12H2,2-4H3. The Balaban J connectivity index is 2.56. The van der Waals surface area contributed by atoms with E-state index in [1.165, 1.54) is 24.0 Å². The van der Waals surface area contributed by atoms with E-state index in [-0.39, 0.29) is 0 Å². The molecule has 1 atom stereocenters. The molecule has 0 saturated carbocycles. The first kappa shape index (κ1) is 13.1. The minimum absolute atomic E-state index is 0.523. The Hall–Kier alpha value is -1.00. The molecule has 0 bridgehead atoms. The van der Waals surface area contributed by atoms with Crippen LogP contribution >= 0.6 is 0 Å². The Morgan fingerprint density at radius 1 is 1.38 bits per heavy atom. The van der Waals surface area contributed by atoms with E-state index in [0.29, 0.717) is 6.04 Å². The summed E-state index contributed by atoms with van der Waals surface area (Å²) in [6.07, 6.45) is 14.8. The van der Waals surface area contributed by atoms with Gasteiger partial charge in [-0.05, 0) is 50.8 Å². The number of rotatable bonds is 5. The molecule has 0 N–H and O–H groups in total. The molecule has 0 aliphatic heterocycles. The lowest BCUT2D eigenvalue weighted by Crippen LogP contribution is -2.30. The van der Waals surface area contributed by atoms with Crippen molar-refractivity contribution < 1.29 is 0 Å².